The maximum absolute atomic E-state index is 12.4. The first-order valence-corrected chi connectivity index (χ1v) is 8.18. The number of nitrogens with two attached hydrogens (primary N) is 1. The maximum atomic E-state index is 12.4. The number of amides is 1. The molecule has 2 fully saturated rings. The van der Waals surface area contributed by atoms with E-state index in [0.29, 0.717) is 22.7 Å². The molecule has 3 atom stereocenters. The maximum Gasteiger partial charge on any atom is 0.265 e. The number of nitrogen functional groups attached to an aromatic ring is 1. The zero-order valence-electron chi connectivity index (χ0n) is 12.1. The molecule has 1 amide bonds. The first kappa shape index (κ1) is 13.7. The number of rotatable bonds is 4. The van der Waals surface area contributed by atoms with Crippen LogP contribution in [-0.2, 0) is 0 Å². The van der Waals surface area contributed by atoms with Crippen molar-refractivity contribution in [2.75, 3.05) is 24.2 Å². The van der Waals surface area contributed by atoms with Gasteiger partial charge in [-0.05, 0) is 38.0 Å². The van der Waals surface area contributed by atoms with E-state index in [9.17, 15) is 4.79 Å². The van der Waals surface area contributed by atoms with Crippen molar-refractivity contribution in [2.24, 2.45) is 11.8 Å². The summed E-state index contributed by atoms with van der Waals surface area (Å²) in [5, 5.41) is 3.98. The van der Waals surface area contributed by atoms with Crippen LogP contribution < -0.4 is 16.0 Å². The average Bonchev–Trinajstić information content (AvgIpc) is 3.12. The molecule has 20 heavy (non-hydrogen) atoms. The van der Waals surface area contributed by atoms with Crippen LogP contribution in [0.15, 0.2) is 0 Å². The van der Waals surface area contributed by atoms with Gasteiger partial charge < -0.3 is 16.0 Å². The number of nitrogens with one attached hydrogen (secondary N) is 1. The Hall–Kier alpha value is -1.30. The zero-order valence-corrected chi connectivity index (χ0v) is 12.9. The highest BCUT2D eigenvalue weighted by Gasteiger charge is 2.40. The number of hydrogen-bond donors (Lipinski definition) is 2. The molecule has 0 aromatic carbocycles. The van der Waals surface area contributed by atoms with Crippen LogP contribution in [0.25, 0.3) is 0 Å². The van der Waals surface area contributed by atoms with Crippen molar-refractivity contribution >= 4 is 28.2 Å². The molecule has 1 aromatic rings. The number of aromatic nitrogens is 1. The molecule has 3 unspecified atom stereocenters. The Morgan fingerprint density at radius 3 is 2.90 bits per heavy atom. The van der Waals surface area contributed by atoms with Gasteiger partial charge in [0.15, 0.2) is 5.13 Å². The number of anilines is 2. The second kappa shape index (κ2) is 5.24. The fraction of sp³-hybridized carbons (Fsp3) is 0.714. The Bertz CT molecular complexity index is 515. The summed E-state index contributed by atoms with van der Waals surface area (Å²) in [4.78, 5) is 19.2. The van der Waals surface area contributed by atoms with Gasteiger partial charge in [0.25, 0.3) is 5.91 Å². The molecule has 2 bridgehead atoms. The fourth-order valence-electron chi connectivity index (χ4n) is 3.44. The molecular weight excluding hydrogens is 272 g/mol. The van der Waals surface area contributed by atoms with E-state index in [2.05, 4.69) is 10.3 Å². The van der Waals surface area contributed by atoms with Gasteiger partial charge >= 0.3 is 0 Å². The van der Waals surface area contributed by atoms with Gasteiger partial charge in [0.1, 0.15) is 10.7 Å². The van der Waals surface area contributed by atoms with Crippen molar-refractivity contribution in [3.05, 3.63) is 4.88 Å². The second-order valence-electron chi connectivity index (χ2n) is 5.98. The lowest BCUT2D eigenvalue weighted by Crippen LogP contribution is -2.38. The van der Waals surface area contributed by atoms with Gasteiger partial charge in [-0.15, -0.1) is 0 Å². The minimum Gasteiger partial charge on any atom is -0.382 e. The summed E-state index contributed by atoms with van der Waals surface area (Å²) in [7, 11) is 1.95. The molecule has 110 valence electrons. The molecule has 3 rings (SSSR count). The minimum absolute atomic E-state index is 0.0479. The summed E-state index contributed by atoms with van der Waals surface area (Å²) in [6, 6.07) is 0.343. The Labute approximate surface area is 123 Å². The van der Waals surface area contributed by atoms with Gasteiger partial charge in [-0.2, -0.15) is 0 Å². The standard InChI is InChI=1S/C14H22N4OS/c1-3-18(2)14-17-12(15)11(20-14)13(19)16-10-7-8-4-5-9(10)6-8/h8-10H,3-7,15H2,1-2H3,(H,16,19). The minimum atomic E-state index is -0.0479. The van der Waals surface area contributed by atoms with Crippen molar-refractivity contribution in [1.29, 1.82) is 0 Å². The third kappa shape index (κ3) is 2.37. The van der Waals surface area contributed by atoms with Gasteiger partial charge in [-0.3, -0.25) is 4.79 Å². The van der Waals surface area contributed by atoms with Crippen LogP contribution in [0, 0.1) is 11.8 Å². The van der Waals surface area contributed by atoms with Crippen LogP contribution in [0.5, 0.6) is 0 Å². The monoisotopic (exact) mass is 294 g/mol. The summed E-state index contributed by atoms with van der Waals surface area (Å²) in [5.41, 5.74) is 5.90. The average molecular weight is 294 g/mol. The molecule has 0 spiro atoms. The number of nitrogens with zero attached hydrogens (tertiary/aromatic N) is 2. The molecule has 0 aliphatic heterocycles. The van der Waals surface area contributed by atoms with Crippen LogP contribution in [0.4, 0.5) is 10.9 Å². The van der Waals surface area contributed by atoms with Gasteiger partial charge in [-0.25, -0.2) is 4.98 Å². The van der Waals surface area contributed by atoms with Gasteiger partial charge in [-0.1, -0.05) is 17.8 Å². The Kier molecular flexibility index (Phi) is 3.58. The third-order valence-electron chi connectivity index (χ3n) is 4.70. The van der Waals surface area contributed by atoms with E-state index in [1.54, 1.807) is 0 Å². The molecule has 6 heteroatoms. The number of hydrogen-bond acceptors (Lipinski definition) is 5. The molecule has 2 saturated carbocycles. The van der Waals surface area contributed by atoms with E-state index in [0.717, 1.165) is 24.0 Å². The highest BCUT2D eigenvalue weighted by Crippen LogP contribution is 2.44. The lowest BCUT2D eigenvalue weighted by molar-refractivity contribution is 0.0928. The summed E-state index contributed by atoms with van der Waals surface area (Å²) in [6.45, 7) is 2.90. The predicted octanol–water partition coefficient (Wildman–Crippen LogP) is 2.10. The SMILES string of the molecule is CCN(C)c1nc(N)c(C(=O)NC2CC3CCC2C3)s1. The largest absolute Gasteiger partial charge is 0.382 e. The zero-order chi connectivity index (χ0) is 14.3. The van der Waals surface area contributed by atoms with E-state index < -0.39 is 0 Å². The quantitative estimate of drug-likeness (QED) is 0.892. The van der Waals surface area contributed by atoms with Gasteiger partial charge in [0.05, 0.1) is 0 Å². The van der Waals surface area contributed by atoms with Crippen molar-refractivity contribution in [3.63, 3.8) is 0 Å². The third-order valence-corrected chi connectivity index (χ3v) is 5.89. The molecular formula is C14H22N4OS. The Morgan fingerprint density at radius 2 is 2.30 bits per heavy atom. The van der Waals surface area contributed by atoms with E-state index in [-0.39, 0.29) is 5.91 Å². The highest BCUT2D eigenvalue weighted by atomic mass is 32.1. The van der Waals surface area contributed by atoms with Crippen LogP contribution in [0.3, 0.4) is 0 Å². The topological polar surface area (TPSA) is 71.2 Å². The van der Waals surface area contributed by atoms with Crippen LogP contribution >= 0.6 is 11.3 Å². The molecule has 3 N–H and O–H groups in total. The van der Waals surface area contributed by atoms with E-state index in [1.165, 1.54) is 30.6 Å². The summed E-state index contributed by atoms with van der Waals surface area (Å²) in [6.07, 6.45) is 5.02. The van der Waals surface area contributed by atoms with Crippen molar-refractivity contribution in [3.8, 4) is 0 Å². The van der Waals surface area contributed by atoms with Gasteiger partial charge in [0.2, 0.25) is 0 Å². The summed E-state index contributed by atoms with van der Waals surface area (Å²) in [5.74, 6) is 1.81. The van der Waals surface area contributed by atoms with Crippen LogP contribution in [0.1, 0.15) is 42.3 Å². The highest BCUT2D eigenvalue weighted by molar-refractivity contribution is 7.18. The molecule has 0 radical (unpaired) electrons. The number of carbonyl (C=O) groups is 1. The van der Waals surface area contributed by atoms with Gasteiger partial charge in [0, 0.05) is 19.6 Å². The normalized spacial score (nSPS) is 27.8. The van der Waals surface area contributed by atoms with E-state index in [1.807, 2.05) is 18.9 Å². The number of fused-ring (bicyclic) bond motifs is 2. The number of carbonyl (C=O) groups excluding carboxylic acids is 1. The van der Waals surface area contributed by atoms with Crippen molar-refractivity contribution in [1.82, 2.24) is 10.3 Å². The number of thiazole rings is 1. The lowest BCUT2D eigenvalue weighted by atomic mass is 9.95. The molecule has 2 aliphatic rings. The van der Waals surface area contributed by atoms with Crippen molar-refractivity contribution in [2.45, 2.75) is 38.6 Å². The smallest absolute Gasteiger partial charge is 0.265 e. The lowest BCUT2D eigenvalue weighted by Gasteiger charge is -2.22. The van der Waals surface area contributed by atoms with Crippen LogP contribution in [-0.4, -0.2) is 30.5 Å². The first-order chi connectivity index (χ1) is 9.58. The molecule has 2 aliphatic carbocycles. The fourth-order valence-corrected chi connectivity index (χ4v) is 4.35. The van der Waals surface area contributed by atoms with E-state index >= 15 is 0 Å². The molecule has 1 aromatic heterocycles. The Morgan fingerprint density at radius 1 is 1.50 bits per heavy atom. The molecule has 0 saturated heterocycles. The predicted molar refractivity (Wildman–Crippen MR) is 82.2 cm³/mol. The first-order valence-electron chi connectivity index (χ1n) is 7.36. The molecule has 1 heterocycles. The van der Waals surface area contributed by atoms with Crippen molar-refractivity contribution < 1.29 is 4.79 Å². The summed E-state index contributed by atoms with van der Waals surface area (Å²) >= 11 is 1.38. The molecule has 5 nitrogen and oxygen atoms in total. The van der Waals surface area contributed by atoms with Crippen LogP contribution in [0.2, 0.25) is 0 Å². The Balaban J connectivity index is 1.69. The summed E-state index contributed by atoms with van der Waals surface area (Å²) < 4.78 is 0. The van der Waals surface area contributed by atoms with E-state index in [4.69, 9.17) is 5.73 Å². The second-order valence-corrected chi connectivity index (χ2v) is 6.96.